The molecule has 1 heterocycles. The van der Waals surface area contributed by atoms with Gasteiger partial charge in [0.15, 0.2) is 11.5 Å². The molecule has 0 aliphatic carbocycles. The van der Waals surface area contributed by atoms with Crippen molar-refractivity contribution in [2.75, 3.05) is 13.6 Å². The number of hydrogen-bond acceptors (Lipinski definition) is 8. The van der Waals surface area contributed by atoms with Crippen LogP contribution in [0.2, 0.25) is 0 Å². The molecular formula is C14H18O8. The number of aldehydes is 1. The van der Waals surface area contributed by atoms with Crippen LogP contribution in [0.15, 0.2) is 18.2 Å². The van der Waals surface area contributed by atoms with Crippen LogP contribution in [0.4, 0.5) is 0 Å². The molecule has 0 unspecified atom stereocenters. The van der Waals surface area contributed by atoms with Crippen LogP contribution in [0.1, 0.15) is 14.5 Å². The van der Waals surface area contributed by atoms with Gasteiger partial charge in [-0.3, -0.25) is 4.79 Å². The lowest BCUT2D eigenvalue weighted by Gasteiger charge is -2.39. The molecule has 1 aromatic carbocycles. The zero-order valence-electron chi connectivity index (χ0n) is 14.3. The van der Waals surface area contributed by atoms with E-state index in [1.165, 1.54) is 12.1 Å². The van der Waals surface area contributed by atoms with Crippen LogP contribution in [0.25, 0.3) is 0 Å². The summed E-state index contributed by atoms with van der Waals surface area (Å²) in [6.07, 6.45) is -7.12. The maximum atomic E-state index is 10.8. The summed E-state index contributed by atoms with van der Waals surface area (Å²) in [4.78, 5) is 10.8. The van der Waals surface area contributed by atoms with Crippen molar-refractivity contribution >= 4 is 6.29 Å². The molecule has 1 aliphatic rings. The normalized spacial score (nSPS) is 34.2. The molecule has 2 rings (SSSR count). The van der Waals surface area contributed by atoms with Crippen molar-refractivity contribution < 1.29 is 43.5 Å². The minimum atomic E-state index is -2.82. The summed E-state index contributed by atoms with van der Waals surface area (Å²) in [6, 6.07) is 3.67. The molecule has 8 heteroatoms. The van der Waals surface area contributed by atoms with Crippen molar-refractivity contribution in [2.45, 2.75) is 30.7 Å². The predicted molar refractivity (Wildman–Crippen MR) is 72.8 cm³/mol. The van der Waals surface area contributed by atoms with Gasteiger partial charge in [0.2, 0.25) is 6.29 Å². The molecule has 1 aliphatic heterocycles. The highest BCUT2D eigenvalue weighted by molar-refractivity contribution is 5.76. The first-order valence-electron chi connectivity index (χ1n) is 7.91. The zero-order valence-corrected chi connectivity index (χ0v) is 11.3. The number of aliphatic hydroxyl groups is 4. The quantitative estimate of drug-likeness (QED) is 0.493. The largest absolute Gasteiger partial charge is 0.493 e. The van der Waals surface area contributed by atoms with Crippen molar-refractivity contribution in [3.63, 3.8) is 0 Å². The predicted octanol–water partition coefficient (Wildman–Crippen LogP) is -1.31. The van der Waals surface area contributed by atoms with Gasteiger partial charge in [-0.1, -0.05) is 0 Å². The monoisotopic (exact) mass is 317 g/mol. The van der Waals surface area contributed by atoms with E-state index < -0.39 is 44.4 Å². The maximum Gasteiger partial charge on any atom is 0.229 e. The van der Waals surface area contributed by atoms with Gasteiger partial charge < -0.3 is 34.6 Å². The Morgan fingerprint density at radius 3 is 2.68 bits per heavy atom. The highest BCUT2D eigenvalue weighted by atomic mass is 16.7. The van der Waals surface area contributed by atoms with E-state index in [-0.39, 0.29) is 17.1 Å². The van der Waals surface area contributed by atoms with Crippen LogP contribution in [-0.4, -0.2) is 71.1 Å². The highest BCUT2D eigenvalue weighted by Gasteiger charge is 2.44. The van der Waals surface area contributed by atoms with E-state index in [0.29, 0.717) is 6.29 Å². The first-order valence-corrected chi connectivity index (χ1v) is 6.41. The molecule has 0 spiro atoms. The summed E-state index contributed by atoms with van der Waals surface area (Å²) in [5.74, 6) is -0.479. The molecule has 1 saturated heterocycles. The molecule has 1 fully saturated rings. The Labute approximate surface area is 130 Å². The van der Waals surface area contributed by atoms with E-state index in [1.807, 2.05) is 0 Å². The Bertz CT molecular complexity index is 606. The molecule has 0 radical (unpaired) electrons. The van der Waals surface area contributed by atoms with Crippen LogP contribution < -0.4 is 9.47 Å². The fourth-order valence-corrected chi connectivity index (χ4v) is 2.06. The van der Waals surface area contributed by atoms with Gasteiger partial charge in [-0.2, -0.15) is 0 Å². The van der Waals surface area contributed by atoms with E-state index in [4.69, 9.17) is 23.4 Å². The van der Waals surface area contributed by atoms with Gasteiger partial charge >= 0.3 is 0 Å². The number of carbonyl (C=O) groups is 1. The smallest absolute Gasteiger partial charge is 0.229 e. The molecular weight excluding hydrogens is 296 g/mol. The third-order valence-corrected chi connectivity index (χ3v) is 3.31. The third kappa shape index (κ3) is 3.21. The van der Waals surface area contributed by atoms with Gasteiger partial charge in [0, 0.05) is 5.56 Å². The van der Waals surface area contributed by atoms with E-state index in [9.17, 15) is 20.1 Å². The van der Waals surface area contributed by atoms with Crippen molar-refractivity contribution in [1.82, 2.24) is 0 Å². The molecule has 1 aromatic rings. The molecule has 8 nitrogen and oxygen atoms in total. The Kier molecular flexibility index (Phi) is 4.09. The van der Waals surface area contributed by atoms with E-state index in [1.54, 1.807) is 0 Å². The Balaban J connectivity index is 2.27. The minimum absolute atomic E-state index is 0.125. The van der Waals surface area contributed by atoms with Gasteiger partial charge in [0.1, 0.15) is 30.7 Å². The van der Waals surface area contributed by atoms with Crippen LogP contribution in [0, 0.1) is 0 Å². The first-order chi connectivity index (χ1) is 11.7. The van der Waals surface area contributed by atoms with E-state index in [0.717, 1.165) is 6.07 Å². The average Bonchev–Trinajstić information content (AvgIpc) is 2.55. The second-order valence-corrected chi connectivity index (χ2v) is 4.74. The van der Waals surface area contributed by atoms with Gasteiger partial charge in [-0.25, -0.2) is 0 Å². The fourth-order valence-electron chi connectivity index (χ4n) is 2.06. The molecule has 5 atom stereocenters. The van der Waals surface area contributed by atoms with E-state index >= 15 is 0 Å². The highest BCUT2D eigenvalue weighted by Crippen LogP contribution is 2.31. The lowest BCUT2D eigenvalue weighted by atomic mass is 9.99. The average molecular weight is 317 g/mol. The maximum absolute atomic E-state index is 10.8. The van der Waals surface area contributed by atoms with Crippen LogP contribution in [0.3, 0.4) is 0 Å². The van der Waals surface area contributed by atoms with Crippen molar-refractivity contribution in [3.8, 4) is 11.5 Å². The van der Waals surface area contributed by atoms with Crippen molar-refractivity contribution in [2.24, 2.45) is 0 Å². The lowest BCUT2D eigenvalue weighted by Crippen LogP contribution is -2.60. The third-order valence-electron chi connectivity index (χ3n) is 3.31. The van der Waals surface area contributed by atoms with Gasteiger partial charge in [-0.05, 0) is 18.2 Å². The van der Waals surface area contributed by atoms with E-state index in [2.05, 4.69) is 0 Å². The van der Waals surface area contributed by atoms with Crippen molar-refractivity contribution in [1.29, 1.82) is 0 Å². The summed E-state index contributed by atoms with van der Waals surface area (Å²) in [6.45, 7) is -0.645. The number of carbonyl (C=O) groups excluding carboxylic acids is 1. The summed E-state index contributed by atoms with van der Waals surface area (Å²) >= 11 is 0. The second-order valence-electron chi connectivity index (χ2n) is 4.74. The SMILES string of the molecule is [2H]C([2H])([2H])Oc1cc(C=O)ccc1O[C@@H]1O[C@H](CO)[C@@H](O)[C@H](O)[C@H]1O. The standard InChI is InChI=1S/C14H18O8/c1-20-9-4-7(5-15)2-3-8(9)21-14-13(19)12(18)11(17)10(6-16)22-14/h2-5,10-14,16-19H,6H2,1H3/t10-,11-,12+,13-,14-/m1/s1/i1D3. The summed E-state index contributed by atoms with van der Waals surface area (Å²) in [5, 5.41) is 38.6. The molecule has 0 saturated carbocycles. The molecule has 122 valence electrons. The topological polar surface area (TPSA) is 126 Å². The number of aliphatic hydroxyl groups excluding tert-OH is 4. The number of ether oxygens (including phenoxy) is 3. The lowest BCUT2D eigenvalue weighted by molar-refractivity contribution is -0.277. The Morgan fingerprint density at radius 1 is 1.27 bits per heavy atom. The van der Waals surface area contributed by atoms with Crippen LogP contribution in [0.5, 0.6) is 11.5 Å². The first kappa shape index (κ1) is 12.8. The number of methoxy groups -OCH3 is 1. The van der Waals surface area contributed by atoms with Crippen LogP contribution >= 0.6 is 0 Å². The molecule has 0 amide bonds. The van der Waals surface area contributed by atoms with Gasteiger partial charge in [-0.15, -0.1) is 0 Å². The Morgan fingerprint density at radius 2 is 2.05 bits per heavy atom. The fraction of sp³-hybridized carbons (Fsp3) is 0.500. The number of rotatable bonds is 5. The van der Waals surface area contributed by atoms with Crippen molar-refractivity contribution in [3.05, 3.63) is 23.8 Å². The number of hydrogen-bond donors (Lipinski definition) is 4. The molecule has 22 heavy (non-hydrogen) atoms. The molecule has 0 aromatic heterocycles. The van der Waals surface area contributed by atoms with Crippen LogP contribution in [-0.2, 0) is 4.74 Å². The summed E-state index contributed by atoms with van der Waals surface area (Å²) in [5.41, 5.74) is 0.125. The number of benzene rings is 1. The van der Waals surface area contributed by atoms with Gasteiger partial charge in [0.25, 0.3) is 0 Å². The second kappa shape index (κ2) is 7.03. The summed E-state index contributed by atoms with van der Waals surface area (Å²) < 4.78 is 36.8. The summed E-state index contributed by atoms with van der Waals surface area (Å²) in [7, 11) is -2.82. The molecule has 4 N–H and O–H groups in total. The van der Waals surface area contributed by atoms with Gasteiger partial charge in [0.05, 0.1) is 17.8 Å². The Hall–Kier alpha value is -1.71. The zero-order chi connectivity index (χ0) is 18.8. The minimum Gasteiger partial charge on any atom is -0.493 e. The molecule has 0 bridgehead atoms.